The quantitative estimate of drug-likeness (QED) is 0.811. The molecule has 1 saturated carbocycles. The zero-order chi connectivity index (χ0) is 12.5. The summed E-state index contributed by atoms with van der Waals surface area (Å²) in [5.41, 5.74) is 1.13. The van der Waals surface area contributed by atoms with Crippen molar-refractivity contribution in [2.75, 3.05) is 20.1 Å². The molecular formula is C14H21N3O. The molecule has 0 atom stereocenters. The molecule has 1 saturated heterocycles. The maximum Gasteiger partial charge on any atom is 0.253 e. The van der Waals surface area contributed by atoms with Crippen molar-refractivity contribution in [3.8, 4) is 0 Å². The van der Waals surface area contributed by atoms with Gasteiger partial charge in [-0.15, -0.1) is 0 Å². The van der Waals surface area contributed by atoms with Crippen molar-refractivity contribution >= 4 is 0 Å². The van der Waals surface area contributed by atoms with Crippen LogP contribution in [0.3, 0.4) is 0 Å². The van der Waals surface area contributed by atoms with Gasteiger partial charge in [0, 0.05) is 18.5 Å². The van der Waals surface area contributed by atoms with E-state index in [-0.39, 0.29) is 5.56 Å². The minimum Gasteiger partial charge on any atom is -0.306 e. The van der Waals surface area contributed by atoms with Gasteiger partial charge in [-0.25, -0.2) is 4.98 Å². The van der Waals surface area contributed by atoms with E-state index in [1.807, 2.05) is 0 Å². The second kappa shape index (κ2) is 4.84. The summed E-state index contributed by atoms with van der Waals surface area (Å²) in [5.74, 6) is 1.20. The number of hydrogen-bond acceptors (Lipinski definition) is 3. The number of hydrogen-bond donors (Lipinski definition) is 0. The van der Waals surface area contributed by atoms with E-state index in [1.54, 1.807) is 17.0 Å². The number of likely N-dealkylation sites (tertiary alicyclic amines) is 1. The summed E-state index contributed by atoms with van der Waals surface area (Å²) in [6.45, 7) is 3.13. The van der Waals surface area contributed by atoms with Gasteiger partial charge in [0.05, 0.1) is 12.0 Å². The van der Waals surface area contributed by atoms with Gasteiger partial charge in [-0.1, -0.05) is 0 Å². The van der Waals surface area contributed by atoms with Crippen molar-refractivity contribution in [3.63, 3.8) is 0 Å². The standard InChI is InChI=1S/C14H21N3O/c1-16-6-4-11(5-7-16)9-17-10-15-13(8-14(17)18)12-2-3-12/h8,10-12H,2-7,9H2,1H3. The SMILES string of the molecule is CN1CCC(Cn2cnc(C3CC3)cc2=O)CC1. The van der Waals surface area contributed by atoms with Crippen molar-refractivity contribution in [3.05, 3.63) is 28.4 Å². The van der Waals surface area contributed by atoms with Crippen molar-refractivity contribution in [1.29, 1.82) is 0 Å². The molecule has 0 amide bonds. The Labute approximate surface area is 108 Å². The maximum atomic E-state index is 12.0. The highest BCUT2D eigenvalue weighted by molar-refractivity contribution is 5.12. The summed E-state index contributed by atoms with van der Waals surface area (Å²) in [6.07, 6.45) is 6.53. The fourth-order valence-electron chi connectivity index (χ4n) is 2.70. The molecule has 1 aliphatic carbocycles. The lowest BCUT2D eigenvalue weighted by atomic mass is 9.97. The molecule has 1 aliphatic heterocycles. The Kier molecular flexibility index (Phi) is 3.20. The van der Waals surface area contributed by atoms with Gasteiger partial charge in [0.25, 0.3) is 5.56 Å². The fraction of sp³-hybridized carbons (Fsp3) is 0.714. The molecule has 0 aromatic carbocycles. The molecule has 1 aromatic heterocycles. The van der Waals surface area contributed by atoms with E-state index in [2.05, 4.69) is 16.9 Å². The largest absolute Gasteiger partial charge is 0.306 e. The molecule has 4 nitrogen and oxygen atoms in total. The highest BCUT2D eigenvalue weighted by atomic mass is 16.1. The first-order chi connectivity index (χ1) is 8.72. The first-order valence-electron chi connectivity index (χ1n) is 6.97. The minimum absolute atomic E-state index is 0.130. The van der Waals surface area contributed by atoms with Gasteiger partial charge in [0.1, 0.15) is 0 Å². The Morgan fingerprint density at radius 3 is 2.61 bits per heavy atom. The van der Waals surface area contributed by atoms with Crippen LogP contribution in [0.15, 0.2) is 17.2 Å². The van der Waals surface area contributed by atoms with E-state index < -0.39 is 0 Å². The van der Waals surface area contributed by atoms with Crippen LogP contribution < -0.4 is 5.56 Å². The Morgan fingerprint density at radius 1 is 1.28 bits per heavy atom. The third-order valence-electron chi connectivity index (χ3n) is 4.19. The van der Waals surface area contributed by atoms with Gasteiger partial charge < -0.3 is 4.90 Å². The van der Waals surface area contributed by atoms with Crippen LogP contribution in [-0.2, 0) is 6.54 Å². The monoisotopic (exact) mass is 247 g/mol. The van der Waals surface area contributed by atoms with Crippen molar-refractivity contribution in [2.45, 2.75) is 38.1 Å². The van der Waals surface area contributed by atoms with Crippen molar-refractivity contribution < 1.29 is 0 Å². The molecule has 0 bridgehead atoms. The van der Waals surface area contributed by atoms with E-state index in [9.17, 15) is 4.79 Å². The molecule has 0 N–H and O–H groups in total. The third kappa shape index (κ3) is 2.64. The normalized spacial score (nSPS) is 22.3. The number of piperidine rings is 1. The number of aromatic nitrogens is 2. The summed E-state index contributed by atoms with van der Waals surface area (Å²) in [5, 5.41) is 0. The van der Waals surface area contributed by atoms with Crippen LogP contribution in [0.1, 0.15) is 37.3 Å². The summed E-state index contributed by atoms with van der Waals surface area (Å²) in [7, 11) is 2.16. The van der Waals surface area contributed by atoms with E-state index >= 15 is 0 Å². The third-order valence-corrected chi connectivity index (χ3v) is 4.19. The zero-order valence-corrected chi connectivity index (χ0v) is 11.0. The van der Waals surface area contributed by atoms with Crippen molar-refractivity contribution in [2.24, 2.45) is 5.92 Å². The Hall–Kier alpha value is -1.16. The molecule has 2 fully saturated rings. The molecule has 2 aliphatic rings. The Bertz CT molecular complexity index is 470. The lowest BCUT2D eigenvalue weighted by molar-refractivity contribution is 0.203. The highest BCUT2D eigenvalue weighted by Gasteiger charge is 2.25. The van der Waals surface area contributed by atoms with Crippen LogP contribution in [0.2, 0.25) is 0 Å². The summed E-state index contributed by atoms with van der Waals surface area (Å²) in [4.78, 5) is 18.8. The Balaban J connectivity index is 1.67. The predicted octanol–water partition coefficient (Wildman–Crippen LogP) is 1.46. The van der Waals surface area contributed by atoms with E-state index in [4.69, 9.17) is 0 Å². The minimum atomic E-state index is 0.130. The molecule has 98 valence electrons. The van der Waals surface area contributed by atoms with Crippen LogP contribution in [0, 0.1) is 5.92 Å². The van der Waals surface area contributed by atoms with E-state index in [1.165, 1.54) is 25.7 Å². The van der Waals surface area contributed by atoms with Gasteiger partial charge in [0.15, 0.2) is 0 Å². The average Bonchev–Trinajstić information content (AvgIpc) is 3.19. The van der Waals surface area contributed by atoms with Crippen LogP contribution in [0.4, 0.5) is 0 Å². The van der Waals surface area contributed by atoms with Crippen LogP contribution in [0.25, 0.3) is 0 Å². The first kappa shape index (κ1) is 11.9. The van der Waals surface area contributed by atoms with Crippen LogP contribution >= 0.6 is 0 Å². The summed E-state index contributed by atoms with van der Waals surface area (Å²) in [6, 6.07) is 1.74. The molecule has 1 aromatic rings. The smallest absolute Gasteiger partial charge is 0.253 e. The zero-order valence-electron chi connectivity index (χ0n) is 11.0. The van der Waals surface area contributed by atoms with E-state index in [0.717, 1.165) is 25.3 Å². The average molecular weight is 247 g/mol. The first-order valence-corrected chi connectivity index (χ1v) is 6.97. The molecule has 3 rings (SSSR count). The number of nitrogens with zero attached hydrogens (tertiary/aromatic N) is 3. The molecule has 2 heterocycles. The van der Waals surface area contributed by atoms with Gasteiger partial charge in [0.2, 0.25) is 0 Å². The van der Waals surface area contributed by atoms with Gasteiger partial charge in [-0.05, 0) is 51.7 Å². The predicted molar refractivity (Wildman–Crippen MR) is 70.7 cm³/mol. The van der Waals surface area contributed by atoms with Crippen molar-refractivity contribution in [1.82, 2.24) is 14.5 Å². The topological polar surface area (TPSA) is 38.1 Å². The lowest BCUT2D eigenvalue weighted by Crippen LogP contribution is -2.34. The van der Waals surface area contributed by atoms with Crippen LogP contribution in [0.5, 0.6) is 0 Å². The maximum absolute atomic E-state index is 12.0. The fourth-order valence-corrected chi connectivity index (χ4v) is 2.70. The molecule has 18 heavy (non-hydrogen) atoms. The van der Waals surface area contributed by atoms with Gasteiger partial charge in [-0.2, -0.15) is 0 Å². The Morgan fingerprint density at radius 2 is 2.00 bits per heavy atom. The van der Waals surface area contributed by atoms with Gasteiger partial charge in [-0.3, -0.25) is 9.36 Å². The van der Waals surface area contributed by atoms with Crippen LogP contribution in [-0.4, -0.2) is 34.6 Å². The second-order valence-corrected chi connectivity index (χ2v) is 5.83. The molecule has 0 unspecified atom stereocenters. The molecule has 0 radical (unpaired) electrons. The van der Waals surface area contributed by atoms with E-state index in [0.29, 0.717) is 11.8 Å². The summed E-state index contributed by atoms with van der Waals surface area (Å²) >= 11 is 0. The highest BCUT2D eigenvalue weighted by Crippen LogP contribution is 2.38. The molecular weight excluding hydrogens is 226 g/mol. The number of rotatable bonds is 3. The molecule has 4 heteroatoms. The summed E-state index contributed by atoms with van der Waals surface area (Å²) < 4.78 is 1.79. The second-order valence-electron chi connectivity index (χ2n) is 5.83. The lowest BCUT2D eigenvalue weighted by Gasteiger charge is -2.29. The van der Waals surface area contributed by atoms with Gasteiger partial charge >= 0.3 is 0 Å². The molecule has 0 spiro atoms.